The molecule has 3 heteroatoms. The fourth-order valence-electron chi connectivity index (χ4n) is 2.35. The molecule has 0 aliphatic carbocycles. The maximum Gasteiger partial charge on any atom is 0.169 e. The molecular formula is C21H19FO2. The first-order valence-corrected chi connectivity index (χ1v) is 7.98. The second-order valence-electron chi connectivity index (χ2n) is 5.44. The molecule has 122 valence electrons. The normalized spacial score (nSPS) is 10.4. The molecule has 0 N–H and O–H groups in total. The van der Waals surface area contributed by atoms with Crippen LogP contribution in [-0.4, -0.2) is 0 Å². The van der Waals surface area contributed by atoms with Crippen LogP contribution in [-0.2, 0) is 13.0 Å². The lowest BCUT2D eigenvalue weighted by Gasteiger charge is -2.14. The lowest BCUT2D eigenvalue weighted by Crippen LogP contribution is -1.99. The van der Waals surface area contributed by atoms with Crippen molar-refractivity contribution in [3.8, 4) is 17.2 Å². The van der Waals surface area contributed by atoms with E-state index in [0.717, 1.165) is 17.5 Å². The Hall–Kier alpha value is -2.81. The van der Waals surface area contributed by atoms with Gasteiger partial charge in [0.1, 0.15) is 6.61 Å². The molecule has 0 fully saturated rings. The van der Waals surface area contributed by atoms with Crippen LogP contribution < -0.4 is 9.47 Å². The van der Waals surface area contributed by atoms with E-state index in [-0.39, 0.29) is 5.75 Å². The Kier molecular flexibility index (Phi) is 5.12. The lowest BCUT2D eigenvalue weighted by molar-refractivity contribution is 0.289. The molecule has 0 aliphatic rings. The molecule has 2 nitrogen and oxygen atoms in total. The number of hydrogen-bond acceptors (Lipinski definition) is 2. The van der Waals surface area contributed by atoms with Crippen LogP contribution in [0.15, 0.2) is 72.8 Å². The first-order valence-electron chi connectivity index (χ1n) is 7.98. The number of rotatable bonds is 6. The zero-order valence-electron chi connectivity index (χ0n) is 13.5. The molecule has 0 aromatic heterocycles. The van der Waals surface area contributed by atoms with Crippen molar-refractivity contribution in [2.24, 2.45) is 0 Å². The summed E-state index contributed by atoms with van der Waals surface area (Å²) in [6.45, 7) is 2.51. The summed E-state index contributed by atoms with van der Waals surface area (Å²) in [5.41, 5.74) is 2.20. The Morgan fingerprint density at radius 3 is 2.25 bits per heavy atom. The number of para-hydroxylation sites is 1. The van der Waals surface area contributed by atoms with Crippen LogP contribution in [0.25, 0.3) is 0 Å². The van der Waals surface area contributed by atoms with E-state index in [9.17, 15) is 4.39 Å². The molecule has 0 amide bonds. The van der Waals surface area contributed by atoms with E-state index >= 15 is 0 Å². The quantitative estimate of drug-likeness (QED) is 0.574. The zero-order valence-corrected chi connectivity index (χ0v) is 13.5. The monoisotopic (exact) mass is 322 g/mol. The Bertz CT molecular complexity index is 800. The minimum atomic E-state index is -0.397. The average Bonchev–Trinajstić information content (AvgIpc) is 2.63. The van der Waals surface area contributed by atoms with Crippen molar-refractivity contribution in [1.82, 2.24) is 0 Å². The van der Waals surface area contributed by atoms with Gasteiger partial charge in [0.25, 0.3) is 0 Å². The van der Waals surface area contributed by atoms with Gasteiger partial charge in [-0.15, -0.1) is 0 Å². The third kappa shape index (κ3) is 3.93. The minimum Gasteiger partial charge on any atom is -0.485 e. The van der Waals surface area contributed by atoms with Gasteiger partial charge in [0, 0.05) is 0 Å². The summed E-state index contributed by atoms with van der Waals surface area (Å²) in [6, 6.07) is 22.0. The summed E-state index contributed by atoms with van der Waals surface area (Å²) >= 11 is 0. The van der Waals surface area contributed by atoms with Gasteiger partial charge in [0.15, 0.2) is 23.1 Å². The van der Waals surface area contributed by atoms with Gasteiger partial charge in [-0.1, -0.05) is 55.5 Å². The summed E-state index contributed by atoms with van der Waals surface area (Å²) < 4.78 is 25.5. The molecule has 3 aromatic rings. The van der Waals surface area contributed by atoms with Crippen molar-refractivity contribution >= 4 is 0 Å². The molecule has 0 radical (unpaired) electrons. The minimum absolute atomic E-state index is 0.186. The number of ether oxygens (including phenoxy) is 2. The standard InChI is InChI=1S/C21H19FO2/c1-2-16-12-13-20(24-19-11-7-6-10-18(19)22)21(14-16)23-15-17-8-4-3-5-9-17/h3-14H,2,15H2,1H3. The summed E-state index contributed by atoms with van der Waals surface area (Å²) in [5.74, 6) is 0.909. The van der Waals surface area contributed by atoms with E-state index in [2.05, 4.69) is 6.92 Å². The van der Waals surface area contributed by atoms with Gasteiger partial charge in [-0.2, -0.15) is 0 Å². The third-order valence-electron chi connectivity index (χ3n) is 3.71. The van der Waals surface area contributed by atoms with Crippen LogP contribution in [0.5, 0.6) is 17.2 Å². The molecule has 0 spiro atoms. The van der Waals surface area contributed by atoms with Crippen LogP contribution in [0, 0.1) is 5.82 Å². The Morgan fingerprint density at radius 1 is 0.750 bits per heavy atom. The van der Waals surface area contributed by atoms with Crippen molar-refractivity contribution in [3.05, 3.63) is 89.7 Å². The van der Waals surface area contributed by atoms with E-state index in [0.29, 0.717) is 18.1 Å². The van der Waals surface area contributed by atoms with Crippen LogP contribution in [0.2, 0.25) is 0 Å². The van der Waals surface area contributed by atoms with Gasteiger partial charge in [-0.3, -0.25) is 0 Å². The average molecular weight is 322 g/mol. The molecule has 0 saturated heterocycles. The molecular weight excluding hydrogens is 303 g/mol. The number of benzene rings is 3. The summed E-state index contributed by atoms with van der Waals surface area (Å²) in [7, 11) is 0. The Labute approximate surface area is 141 Å². The van der Waals surface area contributed by atoms with Crippen LogP contribution in [0.3, 0.4) is 0 Å². The maximum absolute atomic E-state index is 13.8. The second kappa shape index (κ2) is 7.64. The predicted octanol–water partition coefficient (Wildman–Crippen LogP) is 5.76. The lowest BCUT2D eigenvalue weighted by atomic mass is 10.1. The zero-order chi connectivity index (χ0) is 16.8. The molecule has 0 atom stereocenters. The fourth-order valence-corrected chi connectivity index (χ4v) is 2.35. The van der Waals surface area contributed by atoms with Crippen molar-refractivity contribution in [1.29, 1.82) is 0 Å². The van der Waals surface area contributed by atoms with E-state index in [1.807, 2.05) is 48.5 Å². The van der Waals surface area contributed by atoms with Gasteiger partial charge < -0.3 is 9.47 Å². The highest BCUT2D eigenvalue weighted by molar-refractivity contribution is 5.45. The Morgan fingerprint density at radius 2 is 1.50 bits per heavy atom. The predicted molar refractivity (Wildman–Crippen MR) is 93.1 cm³/mol. The molecule has 3 aromatic carbocycles. The number of halogens is 1. The van der Waals surface area contributed by atoms with E-state index in [1.165, 1.54) is 6.07 Å². The highest BCUT2D eigenvalue weighted by atomic mass is 19.1. The molecule has 0 bridgehead atoms. The van der Waals surface area contributed by atoms with Gasteiger partial charge in [-0.05, 0) is 41.8 Å². The van der Waals surface area contributed by atoms with E-state index < -0.39 is 5.82 Å². The van der Waals surface area contributed by atoms with Crippen molar-refractivity contribution in [3.63, 3.8) is 0 Å². The van der Waals surface area contributed by atoms with Gasteiger partial charge in [-0.25, -0.2) is 4.39 Å². The largest absolute Gasteiger partial charge is 0.485 e. The number of hydrogen-bond donors (Lipinski definition) is 0. The summed E-state index contributed by atoms with van der Waals surface area (Å²) in [6.07, 6.45) is 0.891. The van der Waals surface area contributed by atoms with Crippen molar-refractivity contribution in [2.75, 3.05) is 0 Å². The highest BCUT2D eigenvalue weighted by Crippen LogP contribution is 2.34. The van der Waals surface area contributed by atoms with Gasteiger partial charge in [0.05, 0.1) is 0 Å². The molecule has 24 heavy (non-hydrogen) atoms. The summed E-state index contributed by atoms with van der Waals surface area (Å²) in [4.78, 5) is 0. The third-order valence-corrected chi connectivity index (χ3v) is 3.71. The topological polar surface area (TPSA) is 18.5 Å². The Balaban J connectivity index is 1.84. The molecule has 3 rings (SSSR count). The molecule has 0 heterocycles. The second-order valence-corrected chi connectivity index (χ2v) is 5.44. The van der Waals surface area contributed by atoms with E-state index in [4.69, 9.17) is 9.47 Å². The smallest absolute Gasteiger partial charge is 0.169 e. The van der Waals surface area contributed by atoms with Crippen LogP contribution in [0.4, 0.5) is 4.39 Å². The van der Waals surface area contributed by atoms with Crippen LogP contribution >= 0.6 is 0 Å². The molecule has 0 saturated carbocycles. The summed E-state index contributed by atoms with van der Waals surface area (Å²) in [5, 5.41) is 0. The first-order chi connectivity index (χ1) is 11.8. The van der Waals surface area contributed by atoms with Crippen molar-refractivity contribution < 1.29 is 13.9 Å². The molecule has 0 aliphatic heterocycles. The number of aryl methyl sites for hydroxylation is 1. The fraction of sp³-hybridized carbons (Fsp3) is 0.143. The maximum atomic E-state index is 13.8. The first kappa shape index (κ1) is 16.1. The molecule has 0 unspecified atom stereocenters. The van der Waals surface area contributed by atoms with Gasteiger partial charge in [0.2, 0.25) is 0 Å². The highest BCUT2D eigenvalue weighted by Gasteiger charge is 2.10. The van der Waals surface area contributed by atoms with Crippen LogP contribution in [0.1, 0.15) is 18.1 Å². The SMILES string of the molecule is CCc1ccc(Oc2ccccc2F)c(OCc2ccccc2)c1. The van der Waals surface area contributed by atoms with E-state index in [1.54, 1.807) is 18.2 Å². The van der Waals surface area contributed by atoms with Crippen molar-refractivity contribution in [2.45, 2.75) is 20.0 Å². The van der Waals surface area contributed by atoms with Gasteiger partial charge >= 0.3 is 0 Å².